The fraction of sp³-hybridized carbons (Fsp3) is 0.969. The smallest absolute Gasteiger partial charge is 0.305 e. The first-order valence-electron chi connectivity index (χ1n) is 15.5. The Labute approximate surface area is 219 Å². The summed E-state index contributed by atoms with van der Waals surface area (Å²) in [7, 11) is 1.49. The minimum Gasteiger partial charge on any atom is -0.469 e. The Kier molecular flexibility index (Phi) is 14.5. The van der Waals surface area contributed by atoms with Crippen LogP contribution in [0.5, 0.6) is 0 Å². The highest BCUT2D eigenvalue weighted by Gasteiger charge is 2.59. The maximum atomic E-state index is 11.4. The van der Waals surface area contributed by atoms with Crippen LogP contribution < -0.4 is 0 Å². The van der Waals surface area contributed by atoms with Crippen LogP contribution in [0.25, 0.3) is 0 Å². The van der Waals surface area contributed by atoms with Gasteiger partial charge >= 0.3 is 5.97 Å². The molecule has 3 heteroatoms. The summed E-state index contributed by atoms with van der Waals surface area (Å²) in [6.45, 7) is 17.5. The Bertz CT molecular complexity index is 589. The van der Waals surface area contributed by atoms with E-state index in [0.717, 1.165) is 48.9 Å². The Balaban J connectivity index is 0.000000797. The van der Waals surface area contributed by atoms with Gasteiger partial charge in [-0.1, -0.05) is 68.2 Å². The molecule has 4 fully saturated rings. The summed E-state index contributed by atoms with van der Waals surface area (Å²) < 4.78 is 4.79. The molecule has 0 bridgehead atoms. The molecule has 0 amide bonds. The fourth-order valence-electron chi connectivity index (χ4n) is 8.58. The van der Waals surface area contributed by atoms with Crippen LogP contribution in [0.4, 0.5) is 0 Å². The molecule has 0 spiro atoms. The van der Waals surface area contributed by atoms with E-state index in [9.17, 15) is 9.90 Å². The second-order valence-electron chi connectivity index (χ2n) is 11.9. The fourth-order valence-corrected chi connectivity index (χ4v) is 8.58. The van der Waals surface area contributed by atoms with E-state index in [-0.39, 0.29) is 12.1 Å². The molecule has 0 aromatic rings. The number of carbonyl (C=O) groups excluding carboxylic acids is 1. The SMILES string of the molecule is CC.CC.CCC.COC(=O)CCCCC1CCC2C3CCC4CC(O)CCC4(C)C3CCC12C. The maximum Gasteiger partial charge on any atom is 0.305 e. The van der Waals surface area contributed by atoms with Crippen LogP contribution in [-0.2, 0) is 9.53 Å². The number of hydrogen-bond acceptors (Lipinski definition) is 3. The van der Waals surface area contributed by atoms with Crippen LogP contribution in [-0.4, -0.2) is 24.3 Å². The van der Waals surface area contributed by atoms with E-state index in [0.29, 0.717) is 17.3 Å². The van der Waals surface area contributed by atoms with Gasteiger partial charge in [0, 0.05) is 6.42 Å². The molecule has 1 N–H and O–H groups in total. The number of hydrogen-bond donors (Lipinski definition) is 1. The van der Waals surface area contributed by atoms with Gasteiger partial charge in [0.15, 0.2) is 0 Å². The van der Waals surface area contributed by atoms with Crippen molar-refractivity contribution < 1.29 is 14.6 Å². The van der Waals surface area contributed by atoms with Gasteiger partial charge in [0.2, 0.25) is 0 Å². The van der Waals surface area contributed by atoms with E-state index in [1.54, 1.807) is 0 Å². The first kappa shape index (κ1) is 32.5. The molecule has 3 nitrogen and oxygen atoms in total. The molecule has 208 valence electrons. The molecule has 0 saturated heterocycles. The number of esters is 1. The minimum atomic E-state index is -0.0568. The second kappa shape index (κ2) is 15.6. The predicted molar refractivity (Wildman–Crippen MR) is 150 cm³/mol. The summed E-state index contributed by atoms with van der Waals surface area (Å²) in [6, 6.07) is 0. The van der Waals surface area contributed by atoms with Crippen molar-refractivity contribution in [3.63, 3.8) is 0 Å². The molecule has 35 heavy (non-hydrogen) atoms. The highest BCUT2D eigenvalue weighted by molar-refractivity contribution is 5.68. The summed E-state index contributed by atoms with van der Waals surface area (Å²) in [4.78, 5) is 11.4. The maximum absolute atomic E-state index is 11.4. The van der Waals surface area contributed by atoms with Crippen molar-refractivity contribution in [3.05, 3.63) is 0 Å². The van der Waals surface area contributed by atoms with Crippen molar-refractivity contribution in [2.75, 3.05) is 7.11 Å². The number of unbranched alkanes of at least 4 members (excludes halogenated alkanes) is 1. The number of carbonyl (C=O) groups is 1. The van der Waals surface area contributed by atoms with Gasteiger partial charge in [-0.15, -0.1) is 0 Å². The third-order valence-corrected chi connectivity index (χ3v) is 10.2. The van der Waals surface area contributed by atoms with Crippen molar-refractivity contribution in [2.24, 2.45) is 40.4 Å². The van der Waals surface area contributed by atoms with Crippen LogP contribution >= 0.6 is 0 Å². The zero-order chi connectivity index (χ0) is 26.6. The van der Waals surface area contributed by atoms with Crippen molar-refractivity contribution in [1.29, 1.82) is 0 Å². The number of ether oxygens (including phenoxy) is 1. The number of rotatable bonds is 5. The summed E-state index contributed by atoms with van der Waals surface area (Å²) in [5, 5.41) is 10.2. The summed E-state index contributed by atoms with van der Waals surface area (Å²) >= 11 is 0. The summed E-state index contributed by atoms with van der Waals surface area (Å²) in [5.41, 5.74) is 1.02. The number of methoxy groups -OCH3 is 1. The molecule has 0 aromatic carbocycles. The van der Waals surface area contributed by atoms with Gasteiger partial charge < -0.3 is 9.84 Å². The molecule has 0 heterocycles. The highest BCUT2D eigenvalue weighted by atomic mass is 16.5. The Morgan fingerprint density at radius 2 is 1.46 bits per heavy atom. The van der Waals surface area contributed by atoms with Crippen LogP contribution in [0, 0.1) is 40.4 Å². The standard InChI is InChI=1S/C25H42O3.C3H8.2C2H6/c1-24-15-13-22-20(10-8-18-16-19(26)12-14-25(18,22)2)21(24)11-9-17(24)6-4-5-7-23(27)28-3;1-3-2;2*1-2/h17-22,26H,4-16H2,1-3H3;3H2,1-2H3;2*1-2H3. The molecule has 0 aliphatic heterocycles. The topological polar surface area (TPSA) is 46.5 Å². The van der Waals surface area contributed by atoms with E-state index >= 15 is 0 Å². The lowest BCUT2D eigenvalue weighted by Crippen LogP contribution is -2.53. The largest absolute Gasteiger partial charge is 0.469 e. The molecular weight excluding hydrogens is 432 g/mol. The first-order chi connectivity index (χ1) is 16.8. The molecule has 0 radical (unpaired) electrons. The van der Waals surface area contributed by atoms with Crippen molar-refractivity contribution in [2.45, 2.75) is 151 Å². The Hall–Kier alpha value is -0.570. The minimum absolute atomic E-state index is 0.0377. The van der Waals surface area contributed by atoms with Crippen LogP contribution in [0.15, 0.2) is 0 Å². The average Bonchev–Trinajstić information content (AvgIpc) is 3.21. The zero-order valence-corrected chi connectivity index (χ0v) is 25.1. The Morgan fingerprint density at radius 1 is 0.857 bits per heavy atom. The predicted octanol–water partition coefficient (Wildman–Crippen LogP) is 9.21. The molecule has 4 saturated carbocycles. The molecule has 4 aliphatic carbocycles. The quantitative estimate of drug-likeness (QED) is 0.306. The number of aliphatic hydroxyl groups excluding tert-OH is 1. The molecule has 4 rings (SSSR count). The average molecular weight is 495 g/mol. The molecule has 8 atom stereocenters. The third kappa shape index (κ3) is 7.48. The van der Waals surface area contributed by atoms with Gasteiger partial charge in [-0.3, -0.25) is 4.79 Å². The lowest BCUT2D eigenvalue weighted by Gasteiger charge is -2.61. The monoisotopic (exact) mass is 494 g/mol. The van der Waals surface area contributed by atoms with Crippen molar-refractivity contribution in [3.8, 4) is 0 Å². The highest BCUT2D eigenvalue weighted by Crippen LogP contribution is 2.67. The lowest BCUT2D eigenvalue weighted by molar-refractivity contribution is -0.140. The van der Waals surface area contributed by atoms with E-state index < -0.39 is 0 Å². The lowest BCUT2D eigenvalue weighted by atomic mass is 9.44. The van der Waals surface area contributed by atoms with Gasteiger partial charge in [0.1, 0.15) is 0 Å². The molecule has 8 unspecified atom stereocenters. The normalized spacial score (nSPS) is 39.0. The van der Waals surface area contributed by atoms with Crippen molar-refractivity contribution >= 4 is 5.97 Å². The van der Waals surface area contributed by atoms with Gasteiger partial charge in [0.05, 0.1) is 13.2 Å². The van der Waals surface area contributed by atoms with Gasteiger partial charge in [0.25, 0.3) is 0 Å². The molecule has 4 aliphatic rings. The molecular formula is C32H62O3. The van der Waals surface area contributed by atoms with Crippen LogP contribution in [0.3, 0.4) is 0 Å². The number of aliphatic hydroxyl groups is 1. The Morgan fingerprint density at radius 3 is 2.09 bits per heavy atom. The van der Waals surface area contributed by atoms with Gasteiger partial charge in [-0.2, -0.15) is 0 Å². The second-order valence-corrected chi connectivity index (χ2v) is 11.9. The number of fused-ring (bicyclic) bond motifs is 5. The van der Waals surface area contributed by atoms with E-state index in [1.807, 2.05) is 27.7 Å². The van der Waals surface area contributed by atoms with E-state index in [1.165, 1.54) is 71.3 Å². The van der Waals surface area contributed by atoms with E-state index in [4.69, 9.17) is 4.74 Å². The summed E-state index contributed by atoms with van der Waals surface area (Å²) in [6.07, 6.45) is 17.0. The van der Waals surface area contributed by atoms with Crippen LogP contribution in [0.2, 0.25) is 0 Å². The van der Waals surface area contributed by atoms with Crippen LogP contribution in [0.1, 0.15) is 145 Å². The third-order valence-electron chi connectivity index (χ3n) is 10.2. The van der Waals surface area contributed by atoms with Gasteiger partial charge in [-0.25, -0.2) is 0 Å². The van der Waals surface area contributed by atoms with Crippen molar-refractivity contribution in [1.82, 2.24) is 0 Å². The van der Waals surface area contributed by atoms with E-state index in [2.05, 4.69) is 27.7 Å². The van der Waals surface area contributed by atoms with Gasteiger partial charge in [-0.05, 0) is 111 Å². The first-order valence-corrected chi connectivity index (χ1v) is 15.5. The zero-order valence-electron chi connectivity index (χ0n) is 25.1. The summed E-state index contributed by atoms with van der Waals surface area (Å²) in [5.74, 6) is 4.30. The molecule has 0 aromatic heterocycles.